The first-order valence-corrected chi connectivity index (χ1v) is 12.0. The lowest BCUT2D eigenvalue weighted by Crippen LogP contribution is -2.40. The van der Waals surface area contributed by atoms with Crippen LogP contribution in [0.25, 0.3) is 0 Å². The average Bonchev–Trinajstić information content (AvgIpc) is 2.89. The number of piperidine rings is 1. The van der Waals surface area contributed by atoms with Gasteiger partial charge in [-0.2, -0.15) is 18.4 Å². The molecule has 0 atom stereocenters. The van der Waals surface area contributed by atoms with Crippen molar-refractivity contribution in [1.29, 1.82) is 5.26 Å². The second kappa shape index (κ2) is 11.1. The molecule has 1 aromatic carbocycles. The minimum atomic E-state index is -4.63. The molecule has 0 spiro atoms. The minimum absolute atomic E-state index is 0.0739. The summed E-state index contributed by atoms with van der Waals surface area (Å²) in [6.07, 6.45) is 2.29. The maximum Gasteiger partial charge on any atom is 0.417 e. The van der Waals surface area contributed by atoms with Gasteiger partial charge < -0.3 is 20.1 Å². The van der Waals surface area contributed by atoms with Crippen LogP contribution in [0.2, 0.25) is 0 Å². The van der Waals surface area contributed by atoms with Gasteiger partial charge in [0.05, 0.1) is 35.7 Å². The third-order valence-electron chi connectivity index (χ3n) is 6.80. The number of ether oxygens (including phenoxy) is 1. The van der Waals surface area contributed by atoms with Crippen molar-refractivity contribution in [3.8, 4) is 11.8 Å². The van der Waals surface area contributed by atoms with E-state index >= 15 is 0 Å². The van der Waals surface area contributed by atoms with E-state index in [0.717, 1.165) is 38.1 Å². The number of carbonyl (C=O) groups excluding carboxylic acids is 1. The number of aromatic nitrogens is 2. The smallest absolute Gasteiger partial charge is 0.417 e. The zero-order valence-electron chi connectivity index (χ0n) is 19.7. The van der Waals surface area contributed by atoms with Crippen molar-refractivity contribution in [2.75, 3.05) is 24.6 Å². The maximum atomic E-state index is 13.2. The van der Waals surface area contributed by atoms with Crippen LogP contribution in [-0.2, 0) is 6.18 Å². The molecule has 1 saturated carbocycles. The van der Waals surface area contributed by atoms with E-state index < -0.39 is 17.3 Å². The van der Waals surface area contributed by atoms with Gasteiger partial charge in [-0.05, 0) is 62.6 Å². The highest BCUT2D eigenvalue weighted by Crippen LogP contribution is 2.35. The van der Waals surface area contributed by atoms with Gasteiger partial charge in [0.25, 0.3) is 5.91 Å². The van der Waals surface area contributed by atoms with Gasteiger partial charge in [0.15, 0.2) is 0 Å². The standard InChI is InChI=1S/C25H28F3N5O3/c26-25(27,28)21-11-20(4-1-17(21)12-29)36-19-5-2-18(3-6-19)32-24(35)22-13-31-23(14-30-22)33-9-7-16(15-34)8-10-33/h1,4,11,13-14,16,18-19,34H,2-3,5-10,15H2,(H,32,35). The third-order valence-corrected chi connectivity index (χ3v) is 6.80. The second-order valence-corrected chi connectivity index (χ2v) is 9.25. The van der Waals surface area contributed by atoms with Crippen LogP contribution in [0.15, 0.2) is 30.6 Å². The van der Waals surface area contributed by atoms with Gasteiger partial charge in [-0.25, -0.2) is 9.97 Å². The molecule has 1 aliphatic heterocycles. The molecule has 8 nitrogen and oxygen atoms in total. The highest BCUT2D eigenvalue weighted by Gasteiger charge is 2.34. The largest absolute Gasteiger partial charge is 0.490 e. The molecule has 2 heterocycles. The van der Waals surface area contributed by atoms with Crippen LogP contribution in [0, 0.1) is 17.2 Å². The Labute approximate surface area is 207 Å². The zero-order valence-corrected chi connectivity index (χ0v) is 19.7. The zero-order chi connectivity index (χ0) is 25.7. The molecule has 0 unspecified atom stereocenters. The van der Waals surface area contributed by atoms with E-state index in [1.54, 1.807) is 12.3 Å². The Hall–Kier alpha value is -3.39. The lowest BCUT2D eigenvalue weighted by atomic mass is 9.92. The summed E-state index contributed by atoms with van der Waals surface area (Å²) in [5.74, 6) is 0.780. The predicted molar refractivity (Wildman–Crippen MR) is 124 cm³/mol. The van der Waals surface area contributed by atoms with Gasteiger partial charge >= 0.3 is 6.18 Å². The van der Waals surface area contributed by atoms with Crippen LogP contribution in [0.1, 0.15) is 60.1 Å². The van der Waals surface area contributed by atoms with Crippen LogP contribution in [0.4, 0.5) is 19.0 Å². The fraction of sp³-hybridized carbons (Fsp3) is 0.520. The van der Waals surface area contributed by atoms with Crippen molar-refractivity contribution in [3.63, 3.8) is 0 Å². The number of aliphatic hydroxyl groups is 1. The number of aliphatic hydroxyl groups excluding tert-OH is 1. The molecular formula is C25H28F3N5O3. The first-order valence-electron chi connectivity index (χ1n) is 12.0. The van der Waals surface area contributed by atoms with Gasteiger partial charge in [0.1, 0.15) is 17.3 Å². The Kier molecular flexibility index (Phi) is 7.94. The van der Waals surface area contributed by atoms with Gasteiger partial charge in [-0.15, -0.1) is 0 Å². The molecule has 36 heavy (non-hydrogen) atoms. The lowest BCUT2D eigenvalue weighted by molar-refractivity contribution is -0.137. The van der Waals surface area contributed by atoms with Crippen molar-refractivity contribution in [3.05, 3.63) is 47.4 Å². The molecule has 1 aromatic heterocycles. The number of nitrogens with zero attached hydrogens (tertiary/aromatic N) is 4. The minimum Gasteiger partial charge on any atom is -0.490 e. The van der Waals surface area contributed by atoms with Crippen molar-refractivity contribution in [1.82, 2.24) is 15.3 Å². The van der Waals surface area contributed by atoms with E-state index in [9.17, 15) is 23.1 Å². The number of benzene rings is 1. The van der Waals surface area contributed by atoms with Crippen LogP contribution in [0.3, 0.4) is 0 Å². The summed E-state index contributed by atoms with van der Waals surface area (Å²) in [6, 6.07) is 4.82. The fourth-order valence-electron chi connectivity index (χ4n) is 4.65. The summed E-state index contributed by atoms with van der Waals surface area (Å²) < 4.78 is 45.3. The maximum absolute atomic E-state index is 13.2. The highest BCUT2D eigenvalue weighted by atomic mass is 19.4. The number of alkyl halides is 3. The summed E-state index contributed by atoms with van der Waals surface area (Å²) >= 11 is 0. The monoisotopic (exact) mass is 503 g/mol. The van der Waals surface area contributed by atoms with E-state index in [1.165, 1.54) is 12.3 Å². The van der Waals surface area contributed by atoms with Crippen LogP contribution in [-0.4, -0.2) is 52.8 Å². The number of hydrogen-bond acceptors (Lipinski definition) is 7. The van der Waals surface area contributed by atoms with Crippen LogP contribution >= 0.6 is 0 Å². The molecule has 4 rings (SSSR count). The van der Waals surface area contributed by atoms with Crippen LogP contribution in [0.5, 0.6) is 5.75 Å². The van der Waals surface area contributed by atoms with Crippen molar-refractivity contribution < 1.29 is 27.8 Å². The van der Waals surface area contributed by atoms with E-state index in [1.807, 2.05) is 0 Å². The second-order valence-electron chi connectivity index (χ2n) is 9.25. The molecule has 2 aliphatic rings. The Bertz CT molecular complexity index is 1090. The number of halogens is 3. The van der Waals surface area contributed by atoms with Crippen molar-refractivity contribution in [2.45, 2.75) is 56.8 Å². The van der Waals surface area contributed by atoms with E-state index in [4.69, 9.17) is 10.00 Å². The summed E-state index contributed by atoms with van der Waals surface area (Å²) in [4.78, 5) is 23.4. The van der Waals surface area contributed by atoms with Gasteiger partial charge in [0, 0.05) is 25.7 Å². The first-order chi connectivity index (χ1) is 17.3. The Morgan fingerprint density at radius 3 is 2.44 bits per heavy atom. The molecule has 192 valence electrons. The molecule has 1 aliphatic carbocycles. The van der Waals surface area contributed by atoms with E-state index in [-0.39, 0.29) is 36.1 Å². The number of carbonyl (C=O) groups is 1. The Balaban J connectivity index is 1.26. The van der Waals surface area contributed by atoms with Gasteiger partial charge in [0.2, 0.25) is 0 Å². The molecule has 1 amide bonds. The fourth-order valence-corrected chi connectivity index (χ4v) is 4.65. The molecule has 2 fully saturated rings. The summed E-state index contributed by atoms with van der Waals surface area (Å²) in [5.41, 5.74) is -1.23. The molecule has 11 heteroatoms. The summed E-state index contributed by atoms with van der Waals surface area (Å²) in [6.45, 7) is 1.77. The van der Waals surface area contributed by atoms with Crippen molar-refractivity contribution >= 4 is 11.7 Å². The first kappa shape index (κ1) is 25.7. The number of anilines is 1. The SMILES string of the molecule is N#Cc1ccc(OC2CCC(NC(=O)c3cnc(N4CCC(CO)CC4)cn3)CC2)cc1C(F)(F)F. The summed E-state index contributed by atoms with van der Waals surface area (Å²) in [5, 5.41) is 21.1. The van der Waals surface area contributed by atoms with E-state index in [2.05, 4.69) is 20.2 Å². The molecule has 2 aromatic rings. The topological polar surface area (TPSA) is 111 Å². The lowest BCUT2D eigenvalue weighted by Gasteiger charge is -2.31. The molecule has 0 radical (unpaired) electrons. The van der Waals surface area contributed by atoms with Gasteiger partial charge in [-0.1, -0.05) is 0 Å². The number of nitriles is 1. The number of rotatable bonds is 6. The predicted octanol–water partition coefficient (Wildman–Crippen LogP) is 3.70. The average molecular weight is 504 g/mol. The number of hydrogen-bond donors (Lipinski definition) is 2. The molecule has 2 N–H and O–H groups in total. The molecule has 1 saturated heterocycles. The highest BCUT2D eigenvalue weighted by molar-refractivity contribution is 5.92. The van der Waals surface area contributed by atoms with Crippen molar-refractivity contribution in [2.24, 2.45) is 5.92 Å². The van der Waals surface area contributed by atoms with Gasteiger partial charge in [-0.3, -0.25) is 4.79 Å². The normalized spacial score (nSPS) is 21.0. The molecule has 0 bridgehead atoms. The third kappa shape index (κ3) is 6.23. The quantitative estimate of drug-likeness (QED) is 0.618. The Morgan fingerprint density at radius 2 is 1.86 bits per heavy atom. The molecular weight excluding hydrogens is 475 g/mol. The van der Waals surface area contributed by atoms with E-state index in [0.29, 0.717) is 37.4 Å². The number of nitrogens with one attached hydrogen (secondary N) is 1. The van der Waals surface area contributed by atoms with Crippen LogP contribution < -0.4 is 15.0 Å². The number of amides is 1. The summed E-state index contributed by atoms with van der Waals surface area (Å²) in [7, 11) is 0. The Morgan fingerprint density at radius 1 is 1.14 bits per heavy atom.